The molecule has 2 aromatic rings. The van der Waals surface area contributed by atoms with Crippen molar-refractivity contribution in [3.05, 3.63) is 44.9 Å². The Balaban J connectivity index is 1.97. The van der Waals surface area contributed by atoms with E-state index < -0.39 is 0 Å². The van der Waals surface area contributed by atoms with Gasteiger partial charge in [0, 0.05) is 6.42 Å². The molecule has 0 bridgehead atoms. The molecule has 0 aliphatic heterocycles. The van der Waals surface area contributed by atoms with Crippen LogP contribution in [-0.4, -0.2) is 16.7 Å². The first kappa shape index (κ1) is 16.0. The normalized spacial score (nSPS) is 11.1. The fourth-order valence-corrected chi connectivity index (χ4v) is 3.42. The Hall–Kier alpha value is -1.39. The molecule has 0 atom stereocenters. The number of nitrogens with zero attached hydrogens (tertiary/aromatic N) is 1. The second kappa shape index (κ2) is 7.05. The topological polar surface area (TPSA) is 42.4 Å². The molecular formula is C17H23NO2S. The molecule has 1 heterocycles. The van der Waals surface area contributed by atoms with Crippen LogP contribution in [0.2, 0.25) is 0 Å². The van der Waals surface area contributed by atoms with Crippen LogP contribution >= 0.6 is 11.3 Å². The van der Waals surface area contributed by atoms with Crippen molar-refractivity contribution in [3.63, 3.8) is 0 Å². The van der Waals surface area contributed by atoms with Crippen molar-refractivity contribution >= 4 is 11.3 Å². The van der Waals surface area contributed by atoms with E-state index in [1.807, 2.05) is 12.1 Å². The van der Waals surface area contributed by atoms with Crippen molar-refractivity contribution in [2.45, 2.75) is 46.6 Å². The highest BCUT2D eigenvalue weighted by Gasteiger charge is 2.13. The molecule has 0 saturated carbocycles. The Bertz CT molecular complexity index is 585. The van der Waals surface area contributed by atoms with Crippen LogP contribution in [0, 0.1) is 13.8 Å². The smallest absolute Gasteiger partial charge is 0.119 e. The minimum atomic E-state index is 0.0725. The summed E-state index contributed by atoms with van der Waals surface area (Å²) in [6, 6.07) is 6.23. The van der Waals surface area contributed by atoms with Crippen molar-refractivity contribution in [3.8, 4) is 5.75 Å². The standard InChI is InChI=1S/C17H23NO2S/c1-11(2)17-15(10-19)21-16(18-17)5-6-20-14-8-12(3)7-13(4)9-14/h7-9,11,19H,5-6,10H2,1-4H3. The van der Waals surface area contributed by atoms with E-state index in [2.05, 4.69) is 38.7 Å². The third-order valence-corrected chi connectivity index (χ3v) is 4.36. The first-order valence-electron chi connectivity index (χ1n) is 7.30. The summed E-state index contributed by atoms with van der Waals surface area (Å²) in [7, 11) is 0. The van der Waals surface area contributed by atoms with Crippen molar-refractivity contribution in [1.82, 2.24) is 4.98 Å². The maximum Gasteiger partial charge on any atom is 0.119 e. The van der Waals surface area contributed by atoms with E-state index in [0.717, 1.165) is 27.7 Å². The molecule has 0 amide bonds. The Morgan fingerprint density at radius 2 is 1.86 bits per heavy atom. The van der Waals surface area contributed by atoms with Crippen LogP contribution in [0.15, 0.2) is 18.2 Å². The molecule has 21 heavy (non-hydrogen) atoms. The van der Waals surface area contributed by atoms with Gasteiger partial charge in [0.15, 0.2) is 0 Å². The van der Waals surface area contributed by atoms with Crippen molar-refractivity contribution < 1.29 is 9.84 Å². The molecule has 0 saturated heterocycles. The summed E-state index contributed by atoms with van der Waals surface area (Å²) in [5.74, 6) is 1.26. The van der Waals surface area contributed by atoms with Crippen molar-refractivity contribution in [2.75, 3.05) is 6.61 Å². The van der Waals surface area contributed by atoms with E-state index in [9.17, 15) is 5.11 Å². The van der Waals surface area contributed by atoms with E-state index in [-0.39, 0.29) is 6.61 Å². The molecule has 1 N–H and O–H groups in total. The second-order valence-electron chi connectivity index (χ2n) is 5.65. The molecule has 0 radical (unpaired) electrons. The van der Waals surface area contributed by atoms with Gasteiger partial charge in [-0.2, -0.15) is 0 Å². The Labute approximate surface area is 130 Å². The number of ether oxygens (including phenoxy) is 1. The lowest BCUT2D eigenvalue weighted by Crippen LogP contribution is -2.02. The van der Waals surface area contributed by atoms with Gasteiger partial charge < -0.3 is 9.84 Å². The number of aliphatic hydroxyl groups excluding tert-OH is 1. The number of thiazole rings is 1. The first-order chi connectivity index (χ1) is 9.99. The highest BCUT2D eigenvalue weighted by atomic mass is 32.1. The Morgan fingerprint density at radius 1 is 1.19 bits per heavy atom. The molecule has 0 aliphatic carbocycles. The SMILES string of the molecule is Cc1cc(C)cc(OCCc2nc(C(C)C)c(CO)s2)c1. The molecule has 0 aliphatic rings. The Morgan fingerprint density at radius 3 is 2.38 bits per heavy atom. The number of benzene rings is 1. The quantitative estimate of drug-likeness (QED) is 0.877. The first-order valence-corrected chi connectivity index (χ1v) is 8.11. The summed E-state index contributed by atoms with van der Waals surface area (Å²) >= 11 is 1.59. The van der Waals surface area contributed by atoms with Crippen LogP contribution < -0.4 is 4.74 Å². The zero-order valence-electron chi connectivity index (χ0n) is 13.1. The third-order valence-electron chi connectivity index (χ3n) is 3.24. The van der Waals surface area contributed by atoms with E-state index in [0.29, 0.717) is 12.5 Å². The van der Waals surface area contributed by atoms with Gasteiger partial charge in [0.1, 0.15) is 5.75 Å². The predicted octanol–water partition coefficient (Wildman–Crippen LogP) is 4.00. The summed E-state index contributed by atoms with van der Waals surface area (Å²) in [6.45, 7) is 9.03. The van der Waals surface area contributed by atoms with E-state index >= 15 is 0 Å². The number of hydrogen-bond donors (Lipinski definition) is 1. The lowest BCUT2D eigenvalue weighted by atomic mass is 10.1. The lowest BCUT2D eigenvalue weighted by molar-refractivity contribution is 0.283. The van der Waals surface area contributed by atoms with E-state index in [4.69, 9.17) is 4.74 Å². The molecule has 0 fully saturated rings. The maximum absolute atomic E-state index is 9.38. The van der Waals surface area contributed by atoms with Crippen molar-refractivity contribution in [2.24, 2.45) is 0 Å². The summed E-state index contributed by atoms with van der Waals surface area (Å²) in [6.07, 6.45) is 0.775. The monoisotopic (exact) mass is 305 g/mol. The minimum Gasteiger partial charge on any atom is -0.493 e. The van der Waals surface area contributed by atoms with Gasteiger partial charge in [-0.25, -0.2) is 4.98 Å². The number of rotatable bonds is 6. The highest BCUT2D eigenvalue weighted by molar-refractivity contribution is 7.11. The van der Waals surface area contributed by atoms with Gasteiger partial charge in [0.05, 0.1) is 28.8 Å². The summed E-state index contributed by atoms with van der Waals surface area (Å²) in [5.41, 5.74) is 3.44. The summed E-state index contributed by atoms with van der Waals surface area (Å²) < 4.78 is 5.82. The van der Waals surface area contributed by atoms with Crippen LogP contribution in [0.5, 0.6) is 5.75 Å². The average molecular weight is 305 g/mol. The van der Waals surface area contributed by atoms with Gasteiger partial charge in [0.2, 0.25) is 0 Å². The highest BCUT2D eigenvalue weighted by Crippen LogP contribution is 2.25. The van der Waals surface area contributed by atoms with Crippen LogP contribution in [-0.2, 0) is 13.0 Å². The van der Waals surface area contributed by atoms with Crippen LogP contribution in [0.1, 0.15) is 46.5 Å². The van der Waals surface area contributed by atoms with Gasteiger partial charge in [0.25, 0.3) is 0 Å². The number of hydrogen-bond acceptors (Lipinski definition) is 4. The zero-order chi connectivity index (χ0) is 15.4. The molecule has 114 valence electrons. The Kier molecular flexibility index (Phi) is 5.37. The molecular weight excluding hydrogens is 282 g/mol. The van der Waals surface area contributed by atoms with Gasteiger partial charge >= 0.3 is 0 Å². The lowest BCUT2D eigenvalue weighted by Gasteiger charge is -2.07. The number of aromatic nitrogens is 1. The third kappa shape index (κ3) is 4.29. The van der Waals surface area contributed by atoms with Gasteiger partial charge in [-0.15, -0.1) is 11.3 Å². The number of aryl methyl sites for hydroxylation is 2. The molecule has 0 spiro atoms. The van der Waals surface area contributed by atoms with Crippen LogP contribution in [0.25, 0.3) is 0 Å². The second-order valence-corrected chi connectivity index (χ2v) is 6.82. The van der Waals surface area contributed by atoms with Gasteiger partial charge in [-0.05, 0) is 43.0 Å². The largest absolute Gasteiger partial charge is 0.493 e. The molecule has 2 rings (SSSR count). The number of aliphatic hydroxyl groups is 1. The molecule has 3 nitrogen and oxygen atoms in total. The summed E-state index contributed by atoms with van der Waals surface area (Å²) in [4.78, 5) is 5.60. The van der Waals surface area contributed by atoms with Crippen LogP contribution in [0.3, 0.4) is 0 Å². The fraction of sp³-hybridized carbons (Fsp3) is 0.471. The average Bonchev–Trinajstić information content (AvgIpc) is 2.81. The minimum absolute atomic E-state index is 0.0725. The molecule has 4 heteroatoms. The van der Waals surface area contributed by atoms with E-state index in [1.54, 1.807) is 11.3 Å². The van der Waals surface area contributed by atoms with Gasteiger partial charge in [-0.3, -0.25) is 0 Å². The summed E-state index contributed by atoms with van der Waals surface area (Å²) in [5, 5.41) is 10.4. The molecule has 1 aromatic carbocycles. The maximum atomic E-state index is 9.38. The predicted molar refractivity (Wildman–Crippen MR) is 87.2 cm³/mol. The van der Waals surface area contributed by atoms with E-state index in [1.165, 1.54) is 11.1 Å². The van der Waals surface area contributed by atoms with Crippen LogP contribution in [0.4, 0.5) is 0 Å². The molecule has 1 aromatic heterocycles. The fourth-order valence-electron chi connectivity index (χ4n) is 2.36. The zero-order valence-corrected chi connectivity index (χ0v) is 14.0. The van der Waals surface area contributed by atoms with Crippen molar-refractivity contribution in [1.29, 1.82) is 0 Å². The van der Waals surface area contributed by atoms with Gasteiger partial charge in [-0.1, -0.05) is 19.9 Å². The molecule has 0 unspecified atom stereocenters.